The second-order valence-electron chi connectivity index (χ2n) is 7.98. The minimum Gasteiger partial charge on any atom is -0.492 e. The second-order valence-corrected chi connectivity index (χ2v) is 7.98. The fourth-order valence-electron chi connectivity index (χ4n) is 4.53. The molecule has 4 heterocycles. The number of benzene rings is 2. The van der Waals surface area contributed by atoms with E-state index in [9.17, 15) is 28.6 Å². The maximum atomic E-state index is 15.0. The van der Waals surface area contributed by atoms with E-state index >= 15 is 0 Å². The van der Waals surface area contributed by atoms with Gasteiger partial charge in [-0.05, 0) is 30.3 Å². The van der Waals surface area contributed by atoms with Gasteiger partial charge in [0.25, 0.3) is 5.56 Å². The molecule has 0 saturated carbocycles. The van der Waals surface area contributed by atoms with Gasteiger partial charge >= 0.3 is 5.97 Å². The average Bonchev–Trinajstić information content (AvgIpc) is 3.52. The fourth-order valence-corrected chi connectivity index (χ4v) is 4.53. The lowest BCUT2D eigenvalue weighted by Gasteiger charge is -2.11. The predicted octanol–water partition coefficient (Wildman–Crippen LogP) is 4.35. The summed E-state index contributed by atoms with van der Waals surface area (Å²) in [5.41, 5.74) is -0.450. The zero-order chi connectivity index (χ0) is 24.4. The maximum Gasteiger partial charge on any atom is 0.353 e. The van der Waals surface area contributed by atoms with E-state index in [-0.39, 0.29) is 67.6 Å². The van der Waals surface area contributed by atoms with Crippen LogP contribution in [0.2, 0.25) is 0 Å². The van der Waals surface area contributed by atoms with Gasteiger partial charge in [-0.3, -0.25) is 9.89 Å². The van der Waals surface area contributed by atoms with Crippen LogP contribution in [0.4, 0.5) is 8.78 Å². The van der Waals surface area contributed by atoms with Crippen LogP contribution in [0.15, 0.2) is 58.1 Å². The van der Waals surface area contributed by atoms with Crippen LogP contribution in [0.1, 0.15) is 16.1 Å². The predicted molar refractivity (Wildman–Crippen MR) is 122 cm³/mol. The summed E-state index contributed by atoms with van der Waals surface area (Å²) in [6, 6.07) is 7.96. The molecule has 6 aromatic rings. The molecule has 9 nitrogen and oxygen atoms in total. The maximum absolute atomic E-state index is 15.0. The Labute approximate surface area is 192 Å². The molecule has 0 aliphatic rings. The number of nitrogens with zero attached hydrogens (tertiary/aromatic N) is 2. The van der Waals surface area contributed by atoms with E-state index in [0.29, 0.717) is 0 Å². The number of aromatic carboxylic acids is 1. The molecule has 0 saturated heterocycles. The average molecular weight is 476 g/mol. The fraction of sp³-hybridized carbons (Fsp3) is 0.0417. The van der Waals surface area contributed by atoms with Gasteiger partial charge in [-0.1, -0.05) is 0 Å². The quantitative estimate of drug-likeness (QED) is 0.299. The Hall–Kier alpha value is -4.93. The van der Waals surface area contributed by atoms with Crippen LogP contribution in [0.3, 0.4) is 0 Å². The largest absolute Gasteiger partial charge is 0.492 e. The number of rotatable bonds is 4. The molecule has 0 unspecified atom stereocenters. The topological polar surface area (TPSA) is 137 Å². The number of furan rings is 1. The Morgan fingerprint density at radius 3 is 2.74 bits per heavy atom. The van der Waals surface area contributed by atoms with Gasteiger partial charge in [-0.15, -0.1) is 5.10 Å². The molecule has 0 aliphatic heterocycles. The number of hydrogen-bond donors (Lipinski definition) is 4. The lowest BCUT2D eigenvalue weighted by molar-refractivity contribution is 0.0687. The molecular weight excluding hydrogens is 462 g/mol. The third kappa shape index (κ3) is 2.94. The van der Waals surface area contributed by atoms with Crippen LogP contribution in [0.25, 0.3) is 43.9 Å². The zero-order valence-corrected chi connectivity index (χ0v) is 17.6. The van der Waals surface area contributed by atoms with Crippen molar-refractivity contribution < 1.29 is 28.2 Å². The standard InChI is InChI=1S/C24H14F2N4O5/c25-14-7-16-13(23(32)29-28-16)6-10(14)9-30-17-8-15(26)11-3-5-35-21(11)19(17)18(20(30)24(33)34)12-2-1-4-27-22(12)31/h1-8H,9H2,(H,27,31)(H,33,34)(H2,28,29,32). The van der Waals surface area contributed by atoms with Crippen LogP contribution >= 0.6 is 0 Å². The summed E-state index contributed by atoms with van der Waals surface area (Å²) in [4.78, 5) is 27.8. The number of nitrogens with one attached hydrogen (secondary N) is 2. The van der Waals surface area contributed by atoms with E-state index < -0.39 is 23.2 Å². The number of carbonyl (C=O) groups is 1. The molecule has 0 atom stereocenters. The molecule has 0 amide bonds. The van der Waals surface area contributed by atoms with Gasteiger partial charge in [0.1, 0.15) is 22.9 Å². The lowest BCUT2D eigenvalue weighted by Crippen LogP contribution is -2.14. The number of fused-ring (bicyclic) bond motifs is 4. The highest BCUT2D eigenvalue weighted by molar-refractivity contribution is 6.17. The smallest absolute Gasteiger partial charge is 0.353 e. The second kappa shape index (κ2) is 7.29. The van der Waals surface area contributed by atoms with Crippen molar-refractivity contribution in [1.82, 2.24) is 19.7 Å². The van der Waals surface area contributed by atoms with Crippen molar-refractivity contribution in [3.8, 4) is 17.0 Å². The number of carboxylic acids is 1. The molecule has 6 rings (SSSR count). The number of aromatic nitrogens is 4. The first-order valence-electron chi connectivity index (χ1n) is 10.3. The summed E-state index contributed by atoms with van der Waals surface area (Å²) in [6.07, 6.45) is 2.66. The first-order valence-corrected chi connectivity index (χ1v) is 10.3. The molecule has 4 N–H and O–H groups in total. The van der Waals surface area contributed by atoms with Gasteiger partial charge < -0.3 is 24.2 Å². The number of hydrogen-bond acceptors (Lipinski definition) is 5. The van der Waals surface area contributed by atoms with E-state index in [4.69, 9.17) is 4.42 Å². The lowest BCUT2D eigenvalue weighted by atomic mass is 10.0. The van der Waals surface area contributed by atoms with Crippen LogP contribution in [0, 0.1) is 11.6 Å². The van der Waals surface area contributed by atoms with E-state index in [1.165, 1.54) is 41.3 Å². The molecule has 35 heavy (non-hydrogen) atoms. The van der Waals surface area contributed by atoms with E-state index in [1.54, 1.807) is 0 Å². The van der Waals surface area contributed by atoms with Gasteiger partial charge in [-0.2, -0.15) is 0 Å². The summed E-state index contributed by atoms with van der Waals surface area (Å²) < 4.78 is 36.7. The van der Waals surface area contributed by atoms with Crippen LogP contribution in [-0.4, -0.2) is 35.9 Å². The SMILES string of the molecule is O=C(O)c1c(-c2ccc[nH]c2=O)c2c3occc3c(F)cc2n1Cc1cc2c(O)n[nH]c2cc1F. The molecule has 0 bridgehead atoms. The van der Waals surface area contributed by atoms with Crippen molar-refractivity contribution >= 4 is 38.7 Å². The van der Waals surface area contributed by atoms with Gasteiger partial charge in [0.2, 0.25) is 5.88 Å². The molecular formula is C24H14F2N4O5. The van der Waals surface area contributed by atoms with Gasteiger partial charge in [-0.25, -0.2) is 13.6 Å². The molecule has 0 aliphatic carbocycles. The Balaban J connectivity index is 1.74. The normalized spacial score (nSPS) is 11.7. The monoisotopic (exact) mass is 476 g/mol. The summed E-state index contributed by atoms with van der Waals surface area (Å²) in [5, 5.41) is 26.8. The molecule has 2 aromatic carbocycles. The first-order chi connectivity index (χ1) is 16.8. The van der Waals surface area contributed by atoms with Crippen LogP contribution in [-0.2, 0) is 6.54 Å². The molecule has 0 spiro atoms. The first kappa shape index (κ1) is 20.7. The molecule has 11 heteroatoms. The van der Waals surface area contributed by atoms with Crippen molar-refractivity contribution in [3.05, 3.63) is 82.1 Å². The molecule has 0 fully saturated rings. The highest BCUT2D eigenvalue weighted by Gasteiger charge is 2.29. The number of aromatic amines is 2. The summed E-state index contributed by atoms with van der Waals surface area (Å²) in [7, 11) is 0. The van der Waals surface area contributed by atoms with Crippen molar-refractivity contribution in [2.75, 3.05) is 0 Å². The van der Waals surface area contributed by atoms with Gasteiger partial charge in [0.05, 0.1) is 45.6 Å². The van der Waals surface area contributed by atoms with E-state index in [0.717, 1.165) is 12.1 Å². The summed E-state index contributed by atoms with van der Waals surface area (Å²) in [6.45, 7) is -0.346. The molecule has 4 aromatic heterocycles. The van der Waals surface area contributed by atoms with E-state index in [2.05, 4.69) is 15.2 Å². The zero-order valence-electron chi connectivity index (χ0n) is 17.6. The van der Waals surface area contributed by atoms with E-state index in [1.807, 2.05) is 0 Å². The van der Waals surface area contributed by atoms with Crippen molar-refractivity contribution in [1.29, 1.82) is 0 Å². The van der Waals surface area contributed by atoms with Gasteiger partial charge in [0.15, 0.2) is 0 Å². The highest BCUT2D eigenvalue weighted by atomic mass is 19.1. The van der Waals surface area contributed by atoms with Crippen molar-refractivity contribution in [3.63, 3.8) is 0 Å². The number of aromatic hydroxyl groups is 1. The Kier molecular flexibility index (Phi) is 4.30. The molecule has 174 valence electrons. The number of halogens is 2. The summed E-state index contributed by atoms with van der Waals surface area (Å²) in [5.74, 6) is -3.13. The van der Waals surface area contributed by atoms with Crippen LogP contribution < -0.4 is 5.56 Å². The number of carboxylic acid groups (broad SMARTS) is 1. The third-order valence-corrected chi connectivity index (χ3v) is 6.04. The third-order valence-electron chi connectivity index (χ3n) is 6.04. The Morgan fingerprint density at radius 2 is 1.97 bits per heavy atom. The minimum absolute atomic E-state index is 0.0157. The highest BCUT2D eigenvalue weighted by Crippen LogP contribution is 2.40. The number of pyridine rings is 1. The van der Waals surface area contributed by atoms with Crippen molar-refractivity contribution in [2.24, 2.45) is 0 Å². The molecule has 0 radical (unpaired) electrons. The van der Waals surface area contributed by atoms with Crippen LogP contribution in [0.5, 0.6) is 5.88 Å². The Bertz CT molecular complexity index is 1880. The van der Waals surface area contributed by atoms with Gasteiger partial charge in [0, 0.05) is 23.4 Å². The summed E-state index contributed by atoms with van der Waals surface area (Å²) >= 11 is 0. The Morgan fingerprint density at radius 1 is 1.14 bits per heavy atom. The number of H-pyrrole nitrogens is 2. The van der Waals surface area contributed by atoms with Crippen molar-refractivity contribution in [2.45, 2.75) is 6.54 Å². The minimum atomic E-state index is -1.41.